The van der Waals surface area contributed by atoms with Crippen LogP contribution in [-0.2, 0) is 9.53 Å². The molecule has 0 unspecified atom stereocenters. The van der Waals surface area contributed by atoms with Crippen LogP contribution in [0.5, 0.6) is 5.75 Å². The van der Waals surface area contributed by atoms with Crippen LogP contribution >= 0.6 is 11.6 Å². The Labute approximate surface area is 149 Å². The van der Waals surface area contributed by atoms with Crippen molar-refractivity contribution in [3.8, 4) is 5.75 Å². The molecule has 0 radical (unpaired) electrons. The number of carbonyl (C=O) groups excluding carboxylic acids is 2. The van der Waals surface area contributed by atoms with Gasteiger partial charge in [-0.05, 0) is 25.1 Å². The molecule has 0 atom stereocenters. The van der Waals surface area contributed by atoms with Crippen LogP contribution < -0.4 is 4.74 Å². The summed E-state index contributed by atoms with van der Waals surface area (Å²) in [7, 11) is 0. The standard InChI is InChI=1S/C19H16ClNO4/c1-12-19(13-6-2-4-8-15(13)21-12)16(22)10-25-18(23)11-24-17-9-5-3-7-14(17)20/h2-9,21H,10-11H2,1H3. The number of Topliss-reactive ketones (excluding diaryl/α,β-unsaturated/α-hetero) is 1. The van der Waals surface area contributed by atoms with Crippen LogP contribution in [-0.4, -0.2) is 30.0 Å². The Bertz CT molecular complexity index is 932. The number of ketones is 1. The molecule has 0 amide bonds. The van der Waals surface area contributed by atoms with Crippen LogP contribution in [0.2, 0.25) is 5.02 Å². The number of halogens is 1. The highest BCUT2D eigenvalue weighted by Gasteiger charge is 2.17. The number of aromatic nitrogens is 1. The van der Waals surface area contributed by atoms with Gasteiger partial charge < -0.3 is 14.5 Å². The van der Waals surface area contributed by atoms with Crippen molar-refractivity contribution in [1.29, 1.82) is 0 Å². The molecule has 0 aliphatic carbocycles. The van der Waals surface area contributed by atoms with E-state index in [0.717, 1.165) is 16.6 Å². The van der Waals surface area contributed by atoms with Crippen molar-refractivity contribution in [2.24, 2.45) is 0 Å². The molecule has 1 heterocycles. The third-order valence-electron chi connectivity index (χ3n) is 3.72. The van der Waals surface area contributed by atoms with E-state index < -0.39 is 5.97 Å². The molecule has 3 aromatic rings. The van der Waals surface area contributed by atoms with Gasteiger partial charge in [-0.15, -0.1) is 0 Å². The van der Waals surface area contributed by atoms with Gasteiger partial charge in [0.15, 0.2) is 13.2 Å². The van der Waals surface area contributed by atoms with Gasteiger partial charge in [0.2, 0.25) is 5.78 Å². The van der Waals surface area contributed by atoms with Crippen molar-refractivity contribution < 1.29 is 19.1 Å². The first-order valence-corrected chi connectivity index (χ1v) is 8.07. The molecule has 0 saturated heterocycles. The molecule has 0 saturated carbocycles. The molecule has 128 valence electrons. The van der Waals surface area contributed by atoms with Crippen LogP contribution in [0, 0.1) is 6.92 Å². The van der Waals surface area contributed by atoms with Gasteiger partial charge in [0.1, 0.15) is 5.75 Å². The summed E-state index contributed by atoms with van der Waals surface area (Å²) in [5, 5.41) is 1.22. The third-order valence-corrected chi connectivity index (χ3v) is 4.03. The predicted molar refractivity (Wildman–Crippen MR) is 95.3 cm³/mol. The van der Waals surface area contributed by atoms with Crippen LogP contribution in [0.4, 0.5) is 0 Å². The van der Waals surface area contributed by atoms with Crippen molar-refractivity contribution in [2.75, 3.05) is 13.2 Å². The van der Waals surface area contributed by atoms with Gasteiger partial charge in [0, 0.05) is 22.2 Å². The average molecular weight is 358 g/mol. The van der Waals surface area contributed by atoms with E-state index in [1.54, 1.807) is 24.3 Å². The fourth-order valence-corrected chi connectivity index (χ4v) is 2.78. The Morgan fingerprint density at radius 3 is 2.56 bits per heavy atom. The molecule has 0 fully saturated rings. The molecule has 3 rings (SSSR count). The summed E-state index contributed by atoms with van der Waals surface area (Å²) in [5.41, 5.74) is 2.15. The highest BCUT2D eigenvalue weighted by molar-refractivity contribution is 6.32. The minimum Gasteiger partial charge on any atom is -0.480 e. The maximum atomic E-state index is 12.4. The summed E-state index contributed by atoms with van der Waals surface area (Å²) < 4.78 is 10.3. The summed E-state index contributed by atoms with van der Waals surface area (Å²) in [6.45, 7) is 1.16. The summed E-state index contributed by atoms with van der Waals surface area (Å²) in [6.07, 6.45) is 0. The van der Waals surface area contributed by atoms with Gasteiger partial charge >= 0.3 is 5.97 Å². The lowest BCUT2D eigenvalue weighted by Crippen LogP contribution is -2.19. The Kier molecular flexibility index (Phi) is 5.05. The largest absolute Gasteiger partial charge is 0.480 e. The van der Waals surface area contributed by atoms with Crippen LogP contribution in [0.15, 0.2) is 48.5 Å². The fraction of sp³-hybridized carbons (Fsp3) is 0.158. The minimum atomic E-state index is -0.634. The van der Waals surface area contributed by atoms with E-state index in [1.807, 2.05) is 31.2 Å². The summed E-state index contributed by atoms with van der Waals surface area (Å²) >= 11 is 5.94. The smallest absolute Gasteiger partial charge is 0.344 e. The van der Waals surface area contributed by atoms with Gasteiger partial charge in [-0.2, -0.15) is 0 Å². The Morgan fingerprint density at radius 2 is 1.76 bits per heavy atom. The zero-order valence-electron chi connectivity index (χ0n) is 13.5. The molecule has 0 aliphatic heterocycles. The van der Waals surface area contributed by atoms with Crippen molar-refractivity contribution in [3.63, 3.8) is 0 Å². The van der Waals surface area contributed by atoms with Gasteiger partial charge in [-0.3, -0.25) is 4.79 Å². The van der Waals surface area contributed by atoms with E-state index in [1.165, 1.54) is 0 Å². The number of hydrogen-bond acceptors (Lipinski definition) is 4. The minimum absolute atomic E-state index is 0.263. The Balaban J connectivity index is 1.59. The van der Waals surface area contributed by atoms with E-state index in [-0.39, 0.29) is 19.0 Å². The van der Waals surface area contributed by atoms with E-state index in [0.29, 0.717) is 16.3 Å². The molecular weight excluding hydrogens is 342 g/mol. The summed E-state index contributed by atoms with van der Waals surface area (Å²) in [6, 6.07) is 14.3. The number of nitrogens with one attached hydrogen (secondary N) is 1. The number of aryl methyl sites for hydroxylation is 1. The molecule has 5 nitrogen and oxygen atoms in total. The molecule has 1 N–H and O–H groups in total. The van der Waals surface area contributed by atoms with E-state index in [4.69, 9.17) is 21.1 Å². The molecule has 0 bridgehead atoms. The van der Waals surface area contributed by atoms with Gasteiger partial charge in [-0.25, -0.2) is 4.79 Å². The number of aromatic amines is 1. The molecule has 2 aromatic carbocycles. The number of H-pyrrole nitrogens is 1. The number of ether oxygens (including phenoxy) is 2. The van der Waals surface area contributed by atoms with E-state index in [2.05, 4.69) is 4.98 Å². The molecule has 0 spiro atoms. The van der Waals surface area contributed by atoms with E-state index >= 15 is 0 Å². The number of benzene rings is 2. The zero-order valence-corrected chi connectivity index (χ0v) is 14.3. The SMILES string of the molecule is Cc1[nH]c2ccccc2c1C(=O)COC(=O)COc1ccccc1Cl. The quantitative estimate of drug-likeness (QED) is 0.536. The highest BCUT2D eigenvalue weighted by Crippen LogP contribution is 2.23. The normalized spacial score (nSPS) is 10.6. The van der Waals surface area contributed by atoms with E-state index in [9.17, 15) is 9.59 Å². The maximum Gasteiger partial charge on any atom is 0.344 e. The van der Waals surface area contributed by atoms with Crippen LogP contribution in [0.1, 0.15) is 16.1 Å². The first-order valence-electron chi connectivity index (χ1n) is 7.69. The van der Waals surface area contributed by atoms with Crippen molar-refractivity contribution in [3.05, 3.63) is 64.8 Å². The van der Waals surface area contributed by atoms with Gasteiger partial charge in [0.05, 0.1) is 5.02 Å². The van der Waals surface area contributed by atoms with Crippen molar-refractivity contribution in [1.82, 2.24) is 4.98 Å². The third kappa shape index (κ3) is 3.83. The first kappa shape index (κ1) is 17.0. The van der Waals surface area contributed by atoms with Crippen molar-refractivity contribution >= 4 is 34.3 Å². The van der Waals surface area contributed by atoms with Crippen LogP contribution in [0.3, 0.4) is 0 Å². The lowest BCUT2D eigenvalue weighted by molar-refractivity contribution is -0.144. The topological polar surface area (TPSA) is 68.4 Å². The van der Waals surface area contributed by atoms with Gasteiger partial charge in [0.25, 0.3) is 0 Å². The fourth-order valence-electron chi connectivity index (χ4n) is 2.59. The maximum absolute atomic E-state index is 12.4. The Hall–Kier alpha value is -2.79. The van der Waals surface area contributed by atoms with Crippen molar-refractivity contribution in [2.45, 2.75) is 6.92 Å². The number of fused-ring (bicyclic) bond motifs is 1. The monoisotopic (exact) mass is 357 g/mol. The average Bonchev–Trinajstić information content (AvgIpc) is 2.94. The molecule has 0 aliphatic rings. The number of para-hydroxylation sites is 2. The lowest BCUT2D eigenvalue weighted by atomic mass is 10.1. The highest BCUT2D eigenvalue weighted by atomic mass is 35.5. The molecule has 6 heteroatoms. The second-order valence-electron chi connectivity index (χ2n) is 5.47. The Morgan fingerprint density at radius 1 is 1.04 bits per heavy atom. The van der Waals surface area contributed by atoms with Gasteiger partial charge in [-0.1, -0.05) is 41.9 Å². The zero-order chi connectivity index (χ0) is 17.8. The number of esters is 1. The van der Waals surface area contributed by atoms with Crippen LogP contribution in [0.25, 0.3) is 10.9 Å². The predicted octanol–water partition coefficient (Wildman–Crippen LogP) is 3.93. The summed E-state index contributed by atoms with van der Waals surface area (Å²) in [5.74, 6) is -0.508. The first-order chi connectivity index (χ1) is 12.1. The number of rotatable bonds is 6. The second kappa shape index (κ2) is 7.40. The molecular formula is C19H16ClNO4. The second-order valence-corrected chi connectivity index (χ2v) is 5.88. The number of carbonyl (C=O) groups is 2. The molecule has 1 aromatic heterocycles. The lowest BCUT2D eigenvalue weighted by Gasteiger charge is -2.08. The molecule has 25 heavy (non-hydrogen) atoms. The summed E-state index contributed by atoms with van der Waals surface area (Å²) in [4.78, 5) is 27.4. The number of hydrogen-bond donors (Lipinski definition) is 1.